The molecule has 0 fully saturated rings. The molecule has 4 rings (SSSR count). The highest BCUT2D eigenvalue weighted by atomic mass is 32.1. The van der Waals surface area contributed by atoms with Crippen LogP contribution in [-0.4, -0.2) is 44.6 Å². The Labute approximate surface area is 196 Å². The molecule has 1 N–H and O–H groups in total. The minimum Gasteiger partial charge on any atom is -0.481 e. The first-order valence-corrected chi connectivity index (χ1v) is 11.6. The summed E-state index contributed by atoms with van der Waals surface area (Å²) in [6, 6.07) is 7.53. The smallest absolute Gasteiger partial charge is 0.308 e. The number of carboxylic acids is 1. The molecule has 1 aromatic carbocycles. The number of esters is 1. The molecule has 0 saturated heterocycles. The van der Waals surface area contributed by atoms with Gasteiger partial charge in [-0.1, -0.05) is 24.3 Å². The van der Waals surface area contributed by atoms with E-state index in [1.807, 2.05) is 35.8 Å². The lowest BCUT2D eigenvalue weighted by atomic mass is 9.97. The molecule has 1 atom stereocenters. The molecule has 8 nitrogen and oxygen atoms in total. The van der Waals surface area contributed by atoms with Gasteiger partial charge in [-0.05, 0) is 44.7 Å². The van der Waals surface area contributed by atoms with Gasteiger partial charge in [0.2, 0.25) is 0 Å². The summed E-state index contributed by atoms with van der Waals surface area (Å²) in [5, 5.41) is 18.5. The summed E-state index contributed by atoms with van der Waals surface area (Å²) in [7, 11) is 1.37. The molecule has 0 saturated carbocycles. The number of nitrogens with zero attached hydrogens (tertiary/aromatic N) is 4. The first-order chi connectivity index (χ1) is 15.8. The van der Waals surface area contributed by atoms with Crippen LogP contribution in [0.15, 0.2) is 29.3 Å². The van der Waals surface area contributed by atoms with Crippen LogP contribution < -0.4 is 0 Å². The van der Waals surface area contributed by atoms with Gasteiger partial charge in [0.25, 0.3) is 0 Å². The van der Waals surface area contributed by atoms with Gasteiger partial charge in [0, 0.05) is 22.4 Å². The van der Waals surface area contributed by atoms with Crippen LogP contribution in [0.5, 0.6) is 0 Å². The lowest BCUT2D eigenvalue weighted by Gasteiger charge is -2.12. The van der Waals surface area contributed by atoms with Crippen molar-refractivity contribution in [2.24, 2.45) is 4.99 Å². The van der Waals surface area contributed by atoms with Crippen molar-refractivity contribution in [2.45, 2.75) is 52.5 Å². The predicted octanol–water partition coefficient (Wildman–Crippen LogP) is 4.12. The van der Waals surface area contributed by atoms with E-state index < -0.39 is 12.0 Å². The van der Waals surface area contributed by atoms with Crippen LogP contribution in [0, 0.1) is 20.8 Å². The van der Waals surface area contributed by atoms with Gasteiger partial charge in [-0.15, -0.1) is 21.5 Å². The lowest BCUT2D eigenvalue weighted by Crippen LogP contribution is -2.12. The number of methoxy groups -OCH3 is 1. The van der Waals surface area contributed by atoms with Crippen LogP contribution >= 0.6 is 11.3 Å². The maximum atomic E-state index is 12.2. The van der Waals surface area contributed by atoms with Gasteiger partial charge >= 0.3 is 11.9 Å². The summed E-state index contributed by atoms with van der Waals surface area (Å²) in [5.74, 6) is 0.227. The number of carbonyl (C=O) groups is 2. The van der Waals surface area contributed by atoms with Crippen molar-refractivity contribution >= 4 is 29.0 Å². The number of aromatic nitrogens is 3. The monoisotopic (exact) mass is 466 g/mol. The predicted molar refractivity (Wildman–Crippen MR) is 125 cm³/mol. The highest BCUT2D eigenvalue weighted by Crippen LogP contribution is 2.39. The molecule has 1 aliphatic heterocycles. The van der Waals surface area contributed by atoms with Gasteiger partial charge < -0.3 is 9.84 Å². The number of fused-ring (bicyclic) bond motifs is 3. The number of thiophene rings is 1. The summed E-state index contributed by atoms with van der Waals surface area (Å²) in [4.78, 5) is 29.2. The molecule has 0 amide bonds. The Balaban J connectivity index is 1.80. The van der Waals surface area contributed by atoms with E-state index >= 15 is 0 Å². The molecule has 3 heterocycles. The molecule has 33 heavy (non-hydrogen) atoms. The second kappa shape index (κ2) is 9.27. The van der Waals surface area contributed by atoms with Gasteiger partial charge in [0.05, 0.1) is 19.2 Å². The van der Waals surface area contributed by atoms with Crippen LogP contribution in [0.4, 0.5) is 0 Å². The molecule has 3 aromatic rings. The van der Waals surface area contributed by atoms with E-state index in [1.54, 1.807) is 11.3 Å². The van der Waals surface area contributed by atoms with E-state index in [2.05, 4.69) is 24.0 Å². The van der Waals surface area contributed by atoms with E-state index in [0.29, 0.717) is 18.7 Å². The fourth-order valence-electron chi connectivity index (χ4n) is 4.04. The van der Waals surface area contributed by atoms with Gasteiger partial charge in [0.1, 0.15) is 16.9 Å². The second-order valence-corrected chi connectivity index (χ2v) is 9.33. The Morgan fingerprint density at radius 1 is 1.15 bits per heavy atom. The number of ether oxygens (including phenoxy) is 1. The Hall–Kier alpha value is -3.33. The van der Waals surface area contributed by atoms with Gasteiger partial charge in [-0.3, -0.25) is 19.1 Å². The van der Waals surface area contributed by atoms with Crippen molar-refractivity contribution in [3.8, 4) is 5.00 Å². The van der Waals surface area contributed by atoms with Crippen molar-refractivity contribution in [3.63, 3.8) is 0 Å². The molecule has 0 bridgehead atoms. The quantitative estimate of drug-likeness (QED) is 0.525. The largest absolute Gasteiger partial charge is 0.481 e. The standard InChI is InChI=1S/C24H26N4O4S/c1-13-14(2)33-24-21(13)22(17-10-8-16(9-11-17)6-5-7-19(29)30)25-18(12-20(31)32-4)23-27-26-15(3)28(23)24/h8-11,18H,5-7,12H2,1-4H3,(H,29,30)/t18-/m0/s1. The third-order valence-corrected chi connectivity index (χ3v) is 7.10. The summed E-state index contributed by atoms with van der Waals surface area (Å²) < 4.78 is 6.93. The molecule has 1 aliphatic rings. The highest BCUT2D eigenvalue weighted by Gasteiger charge is 2.32. The number of aliphatic imine (C=N–C) groups is 1. The Morgan fingerprint density at radius 2 is 1.88 bits per heavy atom. The van der Waals surface area contributed by atoms with Crippen LogP contribution in [0.3, 0.4) is 0 Å². The molecular formula is C24H26N4O4S. The average Bonchev–Trinajstić information content (AvgIpc) is 3.26. The SMILES string of the molecule is COC(=O)C[C@@H]1N=C(c2ccc(CCCC(=O)O)cc2)c2c(sc(C)c2C)-n2c(C)nnc21. The van der Waals surface area contributed by atoms with E-state index in [-0.39, 0.29) is 18.8 Å². The first kappa shape index (κ1) is 22.8. The lowest BCUT2D eigenvalue weighted by molar-refractivity contribution is -0.141. The van der Waals surface area contributed by atoms with E-state index in [1.165, 1.54) is 12.0 Å². The number of hydrogen-bond acceptors (Lipinski definition) is 7. The zero-order chi connectivity index (χ0) is 23.7. The highest BCUT2D eigenvalue weighted by molar-refractivity contribution is 7.15. The van der Waals surface area contributed by atoms with Crippen molar-refractivity contribution in [1.29, 1.82) is 0 Å². The summed E-state index contributed by atoms with van der Waals surface area (Å²) in [5.41, 5.74) is 4.98. The number of benzene rings is 1. The summed E-state index contributed by atoms with van der Waals surface area (Å²) >= 11 is 1.66. The van der Waals surface area contributed by atoms with Crippen molar-refractivity contribution in [2.75, 3.05) is 7.11 Å². The van der Waals surface area contributed by atoms with Gasteiger partial charge in [-0.25, -0.2) is 0 Å². The molecule has 0 aliphatic carbocycles. The van der Waals surface area contributed by atoms with Crippen LogP contribution in [0.2, 0.25) is 0 Å². The summed E-state index contributed by atoms with van der Waals surface area (Å²) in [6.45, 7) is 6.07. The van der Waals surface area contributed by atoms with E-state index in [0.717, 1.165) is 38.8 Å². The maximum Gasteiger partial charge on any atom is 0.308 e. The molecule has 0 spiro atoms. The van der Waals surface area contributed by atoms with Crippen molar-refractivity contribution in [3.05, 3.63) is 63.0 Å². The van der Waals surface area contributed by atoms with Gasteiger partial charge in [0.15, 0.2) is 5.82 Å². The van der Waals surface area contributed by atoms with E-state index in [9.17, 15) is 9.59 Å². The molecule has 172 valence electrons. The Kier molecular flexibility index (Phi) is 6.42. The number of aryl methyl sites for hydroxylation is 3. The normalized spacial score (nSPS) is 14.8. The molecular weight excluding hydrogens is 440 g/mol. The minimum atomic E-state index is -0.783. The third-order valence-electron chi connectivity index (χ3n) is 5.91. The molecule has 0 unspecified atom stereocenters. The number of carbonyl (C=O) groups excluding carboxylic acids is 1. The first-order valence-electron chi connectivity index (χ1n) is 10.8. The number of aliphatic carboxylic acids is 1. The zero-order valence-electron chi connectivity index (χ0n) is 19.1. The van der Waals surface area contributed by atoms with Crippen molar-refractivity contribution in [1.82, 2.24) is 14.8 Å². The topological polar surface area (TPSA) is 107 Å². The van der Waals surface area contributed by atoms with Crippen LogP contribution in [0.25, 0.3) is 5.00 Å². The van der Waals surface area contributed by atoms with Crippen LogP contribution in [0.1, 0.15) is 64.1 Å². The molecule has 0 radical (unpaired) electrons. The maximum absolute atomic E-state index is 12.2. The Bertz CT molecular complexity index is 1240. The average molecular weight is 467 g/mol. The fraction of sp³-hybridized carbons (Fsp3) is 0.375. The molecule has 9 heteroatoms. The summed E-state index contributed by atoms with van der Waals surface area (Å²) in [6.07, 6.45) is 1.51. The Morgan fingerprint density at radius 3 is 2.55 bits per heavy atom. The third kappa shape index (κ3) is 4.45. The number of hydrogen-bond donors (Lipinski definition) is 1. The fourth-order valence-corrected chi connectivity index (χ4v) is 5.25. The minimum absolute atomic E-state index is 0.0678. The van der Waals surface area contributed by atoms with Crippen LogP contribution in [-0.2, 0) is 20.7 Å². The number of carboxylic acid groups (broad SMARTS) is 1. The van der Waals surface area contributed by atoms with Crippen molar-refractivity contribution < 1.29 is 19.4 Å². The number of rotatable bonds is 7. The van der Waals surface area contributed by atoms with E-state index in [4.69, 9.17) is 14.8 Å². The second-order valence-electron chi connectivity index (χ2n) is 8.12. The molecule has 2 aromatic heterocycles. The van der Waals surface area contributed by atoms with Gasteiger partial charge in [-0.2, -0.15) is 0 Å². The zero-order valence-corrected chi connectivity index (χ0v) is 19.9.